The molecule has 1 N–H and O–H groups in total. The number of nitrogens with one attached hydrogen (secondary N) is 1. The first kappa shape index (κ1) is 21.4. The molecule has 0 bridgehead atoms. The summed E-state index contributed by atoms with van der Waals surface area (Å²) in [5.74, 6) is -0.319. The summed E-state index contributed by atoms with van der Waals surface area (Å²) in [5.41, 5.74) is 0.568. The molecule has 0 aliphatic carbocycles. The monoisotopic (exact) mass is 413 g/mol. The lowest BCUT2D eigenvalue weighted by Crippen LogP contribution is -2.35. The molecule has 158 valence electrons. The van der Waals surface area contributed by atoms with Crippen molar-refractivity contribution in [2.24, 2.45) is 0 Å². The quantitative estimate of drug-likeness (QED) is 0.573. The van der Waals surface area contributed by atoms with Gasteiger partial charge in [0.05, 0.1) is 6.04 Å². The van der Waals surface area contributed by atoms with Crippen LogP contribution in [0.5, 0.6) is 0 Å². The minimum absolute atomic E-state index is 0.0270. The number of benzene rings is 1. The molecule has 0 spiro atoms. The molecule has 0 aliphatic rings. The summed E-state index contributed by atoms with van der Waals surface area (Å²) >= 11 is 0. The van der Waals surface area contributed by atoms with Crippen LogP contribution in [0.15, 0.2) is 47.7 Å². The van der Waals surface area contributed by atoms with Gasteiger partial charge in [0, 0.05) is 32.1 Å². The summed E-state index contributed by atoms with van der Waals surface area (Å²) in [6.45, 7) is 4.73. The molecule has 1 atom stereocenters. The fourth-order valence-corrected chi connectivity index (χ4v) is 3.19. The summed E-state index contributed by atoms with van der Waals surface area (Å²) in [6, 6.07) is 6.72. The van der Waals surface area contributed by atoms with Crippen LogP contribution in [0.3, 0.4) is 0 Å². The van der Waals surface area contributed by atoms with Gasteiger partial charge in [-0.1, -0.05) is 0 Å². The Morgan fingerprint density at radius 2 is 2.00 bits per heavy atom. The number of nitrogens with zero attached hydrogens (tertiary/aromatic N) is 4. The molecule has 1 amide bonds. The Hall–Kier alpha value is -3.33. The van der Waals surface area contributed by atoms with Crippen LogP contribution in [0.25, 0.3) is 5.69 Å². The predicted molar refractivity (Wildman–Crippen MR) is 109 cm³/mol. The van der Waals surface area contributed by atoms with Gasteiger partial charge in [-0.25, -0.2) is 4.39 Å². The number of aromatic nitrogens is 4. The first-order chi connectivity index (χ1) is 14.4. The molecule has 9 heteroatoms. The van der Waals surface area contributed by atoms with E-state index in [1.165, 1.54) is 28.8 Å². The van der Waals surface area contributed by atoms with E-state index >= 15 is 0 Å². The highest BCUT2D eigenvalue weighted by Crippen LogP contribution is 2.13. The standard InChI is InChI=1S/C21H24FN5O3/c1-14-9-11-27(17-7-5-16(22)6-8-17)21(29)18(14)20(28)24-15(2)19-25-23-13-26(19)10-4-12-30-3/h5-9,11,13,15H,4,10,12H2,1-3H3,(H,24,28). The smallest absolute Gasteiger partial charge is 0.268 e. The molecule has 3 aromatic rings. The largest absolute Gasteiger partial charge is 0.385 e. The van der Waals surface area contributed by atoms with Crippen LogP contribution in [0.1, 0.15) is 41.1 Å². The molecule has 1 aromatic carbocycles. The van der Waals surface area contributed by atoms with Crippen LogP contribution in [-0.4, -0.2) is 39.0 Å². The second-order valence-corrected chi connectivity index (χ2v) is 6.95. The third kappa shape index (κ3) is 4.62. The van der Waals surface area contributed by atoms with Crippen molar-refractivity contribution in [2.45, 2.75) is 32.9 Å². The van der Waals surface area contributed by atoms with Gasteiger partial charge in [-0.15, -0.1) is 10.2 Å². The summed E-state index contributed by atoms with van der Waals surface area (Å²) in [7, 11) is 1.64. The van der Waals surface area contributed by atoms with E-state index in [9.17, 15) is 14.0 Å². The van der Waals surface area contributed by atoms with Gasteiger partial charge in [0.25, 0.3) is 11.5 Å². The van der Waals surface area contributed by atoms with Crippen molar-refractivity contribution in [3.8, 4) is 5.69 Å². The second-order valence-electron chi connectivity index (χ2n) is 6.95. The summed E-state index contributed by atoms with van der Waals surface area (Å²) in [4.78, 5) is 25.9. The van der Waals surface area contributed by atoms with E-state index in [1.54, 1.807) is 39.5 Å². The highest BCUT2D eigenvalue weighted by atomic mass is 19.1. The first-order valence-corrected chi connectivity index (χ1v) is 9.58. The van der Waals surface area contributed by atoms with E-state index in [4.69, 9.17) is 4.74 Å². The highest BCUT2D eigenvalue weighted by molar-refractivity contribution is 5.95. The lowest BCUT2D eigenvalue weighted by atomic mass is 10.1. The van der Waals surface area contributed by atoms with E-state index in [2.05, 4.69) is 15.5 Å². The second kappa shape index (κ2) is 9.45. The average Bonchev–Trinajstić information content (AvgIpc) is 3.18. The fraction of sp³-hybridized carbons (Fsp3) is 0.333. The molecule has 0 radical (unpaired) electrons. The number of ether oxygens (including phenoxy) is 1. The summed E-state index contributed by atoms with van der Waals surface area (Å²) in [5, 5.41) is 10.9. The van der Waals surface area contributed by atoms with Crippen molar-refractivity contribution in [1.29, 1.82) is 0 Å². The van der Waals surface area contributed by atoms with Crippen molar-refractivity contribution >= 4 is 5.91 Å². The lowest BCUT2D eigenvalue weighted by Gasteiger charge is -2.16. The maximum absolute atomic E-state index is 13.2. The molecule has 0 aliphatic heterocycles. The number of hydrogen-bond donors (Lipinski definition) is 1. The highest BCUT2D eigenvalue weighted by Gasteiger charge is 2.21. The number of pyridine rings is 1. The third-order valence-corrected chi connectivity index (χ3v) is 4.76. The third-order valence-electron chi connectivity index (χ3n) is 4.76. The number of carbonyl (C=O) groups excluding carboxylic acids is 1. The van der Waals surface area contributed by atoms with Crippen LogP contribution in [0.2, 0.25) is 0 Å². The molecule has 2 aromatic heterocycles. The molecular weight excluding hydrogens is 389 g/mol. The Bertz CT molecular complexity index is 1070. The van der Waals surface area contributed by atoms with Crippen molar-refractivity contribution < 1.29 is 13.9 Å². The van der Waals surface area contributed by atoms with Crippen molar-refractivity contribution in [3.63, 3.8) is 0 Å². The Labute approximate surface area is 173 Å². The van der Waals surface area contributed by atoms with Gasteiger partial charge in [-0.05, 0) is 56.2 Å². The molecule has 3 rings (SSSR count). The molecule has 1 unspecified atom stereocenters. The summed E-state index contributed by atoms with van der Waals surface area (Å²) < 4.78 is 21.4. The number of rotatable bonds is 8. The Kier molecular flexibility index (Phi) is 6.73. The predicted octanol–water partition coefficient (Wildman–Crippen LogP) is 2.40. The molecule has 0 saturated heterocycles. The lowest BCUT2D eigenvalue weighted by molar-refractivity contribution is 0.0935. The maximum atomic E-state index is 13.2. The molecule has 0 saturated carbocycles. The van der Waals surface area contributed by atoms with E-state index in [-0.39, 0.29) is 5.56 Å². The van der Waals surface area contributed by atoms with E-state index < -0.39 is 23.3 Å². The minimum atomic E-state index is -0.507. The Morgan fingerprint density at radius 3 is 2.70 bits per heavy atom. The van der Waals surface area contributed by atoms with Gasteiger partial charge in [0.15, 0.2) is 5.82 Å². The van der Waals surface area contributed by atoms with Crippen molar-refractivity contribution in [3.05, 3.63) is 76.0 Å². The fourth-order valence-electron chi connectivity index (χ4n) is 3.19. The van der Waals surface area contributed by atoms with Crippen LogP contribution < -0.4 is 10.9 Å². The number of methoxy groups -OCH3 is 1. The normalized spacial score (nSPS) is 12.0. The van der Waals surface area contributed by atoms with Gasteiger partial charge in [-0.3, -0.25) is 14.2 Å². The molecule has 0 fully saturated rings. The first-order valence-electron chi connectivity index (χ1n) is 9.58. The molecular formula is C21H24FN5O3. The van der Waals surface area contributed by atoms with Gasteiger partial charge in [0.2, 0.25) is 0 Å². The van der Waals surface area contributed by atoms with Crippen LogP contribution in [0.4, 0.5) is 4.39 Å². The molecule has 2 heterocycles. The SMILES string of the molecule is COCCCn1cnnc1C(C)NC(=O)c1c(C)ccn(-c2ccc(F)cc2)c1=O. The van der Waals surface area contributed by atoms with Crippen LogP contribution >= 0.6 is 0 Å². The average molecular weight is 413 g/mol. The topological polar surface area (TPSA) is 91.0 Å². The van der Waals surface area contributed by atoms with Gasteiger partial charge in [0.1, 0.15) is 17.7 Å². The number of carbonyl (C=O) groups is 1. The van der Waals surface area contributed by atoms with Gasteiger partial charge >= 0.3 is 0 Å². The van der Waals surface area contributed by atoms with E-state index in [1.807, 2.05) is 4.57 Å². The summed E-state index contributed by atoms with van der Waals surface area (Å²) in [6.07, 6.45) is 3.95. The molecule has 8 nitrogen and oxygen atoms in total. The van der Waals surface area contributed by atoms with Gasteiger partial charge in [-0.2, -0.15) is 0 Å². The van der Waals surface area contributed by atoms with Crippen LogP contribution in [0, 0.1) is 12.7 Å². The van der Waals surface area contributed by atoms with Crippen LogP contribution in [-0.2, 0) is 11.3 Å². The maximum Gasteiger partial charge on any atom is 0.268 e. The number of halogens is 1. The molecule has 30 heavy (non-hydrogen) atoms. The zero-order valence-electron chi connectivity index (χ0n) is 17.1. The number of aryl methyl sites for hydroxylation is 2. The zero-order chi connectivity index (χ0) is 21.7. The van der Waals surface area contributed by atoms with Crippen molar-refractivity contribution in [1.82, 2.24) is 24.6 Å². The van der Waals surface area contributed by atoms with Crippen molar-refractivity contribution in [2.75, 3.05) is 13.7 Å². The minimum Gasteiger partial charge on any atom is -0.385 e. The van der Waals surface area contributed by atoms with Gasteiger partial charge < -0.3 is 14.6 Å². The number of amides is 1. The van der Waals surface area contributed by atoms with E-state index in [0.29, 0.717) is 30.2 Å². The number of hydrogen-bond acceptors (Lipinski definition) is 5. The Morgan fingerprint density at radius 1 is 1.27 bits per heavy atom. The zero-order valence-corrected chi connectivity index (χ0v) is 17.1. The Balaban J connectivity index is 1.84. The van der Waals surface area contributed by atoms with E-state index in [0.717, 1.165) is 6.42 Å².